The van der Waals surface area contributed by atoms with E-state index in [0.717, 1.165) is 0 Å². The Labute approximate surface area is 128 Å². The highest BCUT2D eigenvalue weighted by Crippen LogP contribution is 2.65. The third kappa shape index (κ3) is 1.49. The number of carbonyl (C=O) groups is 2. The average Bonchev–Trinajstić information content (AvgIpc) is 3.11. The molecule has 120 valence electrons. The maximum atomic E-state index is 12.6. The van der Waals surface area contributed by atoms with Crippen molar-refractivity contribution in [1.29, 1.82) is 0 Å². The van der Waals surface area contributed by atoms with Crippen molar-refractivity contribution in [2.75, 3.05) is 26.4 Å². The van der Waals surface area contributed by atoms with E-state index < -0.39 is 11.6 Å². The van der Waals surface area contributed by atoms with Crippen molar-refractivity contribution in [1.82, 2.24) is 0 Å². The van der Waals surface area contributed by atoms with Gasteiger partial charge in [-0.25, -0.2) is 0 Å². The summed E-state index contributed by atoms with van der Waals surface area (Å²) < 4.78 is 23.6. The van der Waals surface area contributed by atoms with Gasteiger partial charge in [-0.05, 0) is 0 Å². The summed E-state index contributed by atoms with van der Waals surface area (Å²) in [7, 11) is 0. The molecule has 2 saturated heterocycles. The van der Waals surface area contributed by atoms with Gasteiger partial charge in [0.2, 0.25) is 0 Å². The van der Waals surface area contributed by atoms with Gasteiger partial charge in [0, 0.05) is 49.4 Å². The van der Waals surface area contributed by atoms with E-state index in [2.05, 4.69) is 0 Å². The minimum Gasteiger partial charge on any atom is -0.347 e. The lowest BCUT2D eigenvalue weighted by molar-refractivity contribution is -0.327. The molecule has 0 unspecified atom stereocenters. The van der Waals surface area contributed by atoms with Gasteiger partial charge in [-0.15, -0.1) is 0 Å². The number of hydrogen-bond donors (Lipinski definition) is 0. The van der Waals surface area contributed by atoms with Crippen LogP contribution in [-0.4, -0.2) is 49.6 Å². The third-order valence-electron chi connectivity index (χ3n) is 6.30. The van der Waals surface area contributed by atoms with Crippen LogP contribution >= 0.6 is 0 Å². The predicted octanol–water partition coefficient (Wildman–Crippen LogP) is 0.677. The van der Waals surface area contributed by atoms with E-state index in [1.54, 1.807) is 0 Å². The normalized spacial score (nSPS) is 44.9. The van der Waals surface area contributed by atoms with Crippen molar-refractivity contribution in [2.45, 2.75) is 37.3 Å². The van der Waals surface area contributed by atoms with Gasteiger partial charge in [0.25, 0.3) is 0 Å². The van der Waals surface area contributed by atoms with Crippen LogP contribution < -0.4 is 0 Å². The van der Waals surface area contributed by atoms with Gasteiger partial charge < -0.3 is 18.9 Å². The van der Waals surface area contributed by atoms with Crippen LogP contribution in [0.15, 0.2) is 0 Å². The van der Waals surface area contributed by atoms with Crippen LogP contribution in [0, 0.1) is 23.7 Å². The Bertz CT molecular complexity index is 475. The van der Waals surface area contributed by atoms with Crippen molar-refractivity contribution in [2.24, 2.45) is 23.7 Å². The second-order valence-electron chi connectivity index (χ2n) is 7.05. The van der Waals surface area contributed by atoms with Gasteiger partial charge >= 0.3 is 0 Å². The molecule has 2 spiro atoms. The summed E-state index contributed by atoms with van der Waals surface area (Å²) in [5.74, 6) is -1.79. The Balaban J connectivity index is 1.56. The second kappa shape index (κ2) is 4.38. The minimum atomic E-state index is -0.730. The molecule has 2 aliphatic heterocycles. The van der Waals surface area contributed by atoms with E-state index >= 15 is 0 Å². The summed E-state index contributed by atoms with van der Waals surface area (Å²) in [4.78, 5) is 25.1. The van der Waals surface area contributed by atoms with Crippen LogP contribution in [0.3, 0.4) is 0 Å². The molecule has 6 heteroatoms. The molecule has 6 nitrogen and oxygen atoms in total. The van der Waals surface area contributed by atoms with E-state index in [0.29, 0.717) is 52.1 Å². The molecular formula is C16H20O6. The summed E-state index contributed by atoms with van der Waals surface area (Å²) in [5.41, 5.74) is 0. The highest BCUT2D eigenvalue weighted by atomic mass is 16.7. The average molecular weight is 308 g/mol. The summed E-state index contributed by atoms with van der Waals surface area (Å²) in [6.45, 7) is 2.17. The van der Waals surface area contributed by atoms with Crippen LogP contribution in [0.4, 0.5) is 0 Å². The molecule has 22 heavy (non-hydrogen) atoms. The molecular weight excluding hydrogens is 288 g/mol. The number of hydrogen-bond acceptors (Lipinski definition) is 6. The number of ether oxygens (including phenoxy) is 4. The SMILES string of the molecule is O=C1CCC2(OCCO2)C2C1C1C2C(=O)CCC12OCCO2. The lowest BCUT2D eigenvalue weighted by atomic mass is 9.44. The van der Waals surface area contributed by atoms with Crippen molar-refractivity contribution in [3.63, 3.8) is 0 Å². The largest absolute Gasteiger partial charge is 0.347 e. The summed E-state index contributed by atoms with van der Waals surface area (Å²) in [5, 5.41) is 0. The molecule has 0 bridgehead atoms. The van der Waals surface area contributed by atoms with Crippen molar-refractivity contribution in [3.05, 3.63) is 0 Å². The minimum absolute atomic E-state index is 0.154. The maximum Gasteiger partial charge on any atom is 0.173 e. The standard InChI is InChI=1S/C16H20O6/c17-9-1-3-15(19-5-6-20-15)13-11(9)14-12(13)10(18)2-4-16(14)21-7-8-22-16/h11-14H,1-8H2. The Morgan fingerprint density at radius 2 is 1.05 bits per heavy atom. The van der Waals surface area contributed by atoms with Crippen LogP contribution in [0.5, 0.6) is 0 Å². The number of fused-ring (bicyclic) bond motifs is 6. The number of ketones is 2. The zero-order chi connectivity index (χ0) is 14.9. The smallest absolute Gasteiger partial charge is 0.173 e. The van der Waals surface area contributed by atoms with Crippen LogP contribution in [0.2, 0.25) is 0 Å². The molecule has 0 aromatic carbocycles. The molecule has 5 rings (SSSR count). The predicted molar refractivity (Wildman–Crippen MR) is 71.7 cm³/mol. The van der Waals surface area contributed by atoms with E-state index in [1.165, 1.54) is 0 Å². The summed E-state index contributed by atoms with van der Waals surface area (Å²) >= 11 is 0. The van der Waals surface area contributed by atoms with E-state index in [4.69, 9.17) is 18.9 Å². The van der Waals surface area contributed by atoms with Gasteiger partial charge in [-0.3, -0.25) is 9.59 Å². The molecule has 3 aliphatic carbocycles. The fourth-order valence-corrected chi connectivity index (χ4v) is 5.52. The molecule has 0 aromatic heterocycles. The van der Waals surface area contributed by atoms with Gasteiger partial charge in [0.05, 0.1) is 26.4 Å². The molecule has 2 heterocycles. The fraction of sp³-hybridized carbons (Fsp3) is 0.875. The van der Waals surface area contributed by atoms with Crippen LogP contribution in [0.25, 0.3) is 0 Å². The van der Waals surface area contributed by atoms with Gasteiger partial charge in [-0.1, -0.05) is 0 Å². The molecule has 3 saturated carbocycles. The van der Waals surface area contributed by atoms with Crippen LogP contribution in [-0.2, 0) is 28.5 Å². The van der Waals surface area contributed by atoms with Crippen LogP contribution in [0.1, 0.15) is 25.7 Å². The van der Waals surface area contributed by atoms with Crippen molar-refractivity contribution >= 4 is 11.6 Å². The molecule has 0 amide bonds. The van der Waals surface area contributed by atoms with Gasteiger partial charge in [0.15, 0.2) is 11.6 Å². The van der Waals surface area contributed by atoms with Gasteiger partial charge in [-0.2, -0.15) is 0 Å². The number of carbonyl (C=O) groups excluding carboxylic acids is 2. The van der Waals surface area contributed by atoms with E-state index in [-0.39, 0.29) is 35.2 Å². The third-order valence-corrected chi connectivity index (χ3v) is 6.30. The fourth-order valence-electron chi connectivity index (χ4n) is 5.52. The number of Topliss-reactive ketones (excluding diaryl/α,β-unsaturated/α-hetero) is 2. The first-order valence-corrected chi connectivity index (χ1v) is 8.28. The first-order valence-electron chi connectivity index (χ1n) is 8.28. The van der Waals surface area contributed by atoms with Gasteiger partial charge in [0.1, 0.15) is 11.6 Å². The first-order chi connectivity index (χ1) is 10.7. The summed E-state index contributed by atoms with van der Waals surface area (Å²) in [6.07, 6.45) is 2.04. The molecule has 0 atom stereocenters. The summed E-state index contributed by atoms with van der Waals surface area (Å²) in [6, 6.07) is 0. The van der Waals surface area contributed by atoms with Crippen molar-refractivity contribution < 1.29 is 28.5 Å². The number of rotatable bonds is 0. The molecule has 0 aromatic rings. The molecule has 5 fully saturated rings. The zero-order valence-electron chi connectivity index (χ0n) is 12.4. The Morgan fingerprint density at radius 1 is 0.682 bits per heavy atom. The lowest BCUT2D eigenvalue weighted by Crippen LogP contribution is -2.72. The van der Waals surface area contributed by atoms with E-state index in [1.807, 2.05) is 0 Å². The zero-order valence-corrected chi connectivity index (χ0v) is 12.4. The Kier molecular flexibility index (Phi) is 2.71. The topological polar surface area (TPSA) is 71.1 Å². The highest BCUT2D eigenvalue weighted by molar-refractivity contribution is 5.91. The molecule has 0 radical (unpaired) electrons. The molecule has 0 N–H and O–H groups in total. The Hall–Kier alpha value is -0.820. The van der Waals surface area contributed by atoms with Crippen molar-refractivity contribution in [3.8, 4) is 0 Å². The molecule has 5 aliphatic rings. The van der Waals surface area contributed by atoms with E-state index in [9.17, 15) is 9.59 Å². The Morgan fingerprint density at radius 3 is 1.41 bits per heavy atom. The second-order valence-corrected chi connectivity index (χ2v) is 7.05. The highest BCUT2D eigenvalue weighted by Gasteiger charge is 2.74. The maximum absolute atomic E-state index is 12.6. The lowest BCUT2D eigenvalue weighted by Gasteiger charge is -2.63. The first kappa shape index (κ1) is 13.6. The quantitative estimate of drug-likeness (QED) is 0.655. The monoisotopic (exact) mass is 308 g/mol.